The van der Waals surface area contributed by atoms with E-state index < -0.39 is 6.10 Å². The van der Waals surface area contributed by atoms with Gasteiger partial charge in [0.2, 0.25) is 0 Å². The fourth-order valence-electron chi connectivity index (χ4n) is 1.86. The molecule has 0 fully saturated rings. The number of rotatable bonds is 3. The Morgan fingerprint density at radius 1 is 1.41 bits per heavy atom. The number of hydrogen-bond donors (Lipinski definition) is 3. The Hall–Kier alpha value is -2.07. The lowest BCUT2D eigenvalue weighted by Crippen LogP contribution is -2.01. The van der Waals surface area contributed by atoms with E-state index in [4.69, 9.17) is 5.73 Å². The average Bonchev–Trinajstić information content (AvgIpc) is 2.69. The third-order valence-corrected chi connectivity index (χ3v) is 2.72. The minimum absolute atomic E-state index is 0.459. The summed E-state index contributed by atoms with van der Waals surface area (Å²) in [5, 5.41) is 10.2. The number of aromatic amines is 1. The second-order valence-electron chi connectivity index (χ2n) is 4.00. The molecule has 0 saturated carbocycles. The number of nitrogen functional groups attached to an aromatic ring is 1. The zero-order chi connectivity index (χ0) is 12.4. The Kier molecular flexibility index (Phi) is 2.97. The van der Waals surface area contributed by atoms with E-state index in [-0.39, 0.29) is 0 Å². The van der Waals surface area contributed by atoms with Gasteiger partial charge in [-0.2, -0.15) is 0 Å². The highest BCUT2D eigenvalue weighted by molar-refractivity contribution is 5.73. The number of aliphatic hydroxyl groups is 1. The molecule has 2 rings (SSSR count). The Labute approximate surface area is 99.1 Å². The number of aldehydes is 1. The van der Waals surface area contributed by atoms with Crippen molar-refractivity contribution in [2.75, 3.05) is 5.73 Å². The van der Waals surface area contributed by atoms with Gasteiger partial charge in [0, 0.05) is 16.9 Å². The molecular formula is C13H14N2O2. The highest BCUT2D eigenvalue weighted by Crippen LogP contribution is 2.26. The highest BCUT2D eigenvalue weighted by Gasteiger charge is 2.15. The van der Waals surface area contributed by atoms with Gasteiger partial charge in [-0.15, -0.1) is 0 Å². The standard InChI is InChI=1S/C13H14N2O2/c1-8-12(6-11(7-16)15-8)13(17)9-3-2-4-10(14)5-9/h2-7,13,15,17H,14H2,1H3. The first-order valence-electron chi connectivity index (χ1n) is 5.30. The molecule has 0 aliphatic carbocycles. The van der Waals surface area contributed by atoms with Gasteiger partial charge in [0.1, 0.15) is 6.10 Å². The SMILES string of the molecule is Cc1[nH]c(C=O)cc1C(O)c1cccc(N)c1. The van der Waals surface area contributed by atoms with E-state index in [9.17, 15) is 9.90 Å². The average molecular weight is 230 g/mol. The molecule has 0 aliphatic rings. The summed E-state index contributed by atoms with van der Waals surface area (Å²) in [6.07, 6.45) is -0.0498. The van der Waals surface area contributed by atoms with Crippen LogP contribution in [0.25, 0.3) is 0 Å². The van der Waals surface area contributed by atoms with Crippen LogP contribution in [0, 0.1) is 6.92 Å². The normalized spacial score (nSPS) is 12.4. The van der Waals surface area contributed by atoms with E-state index in [0.717, 1.165) is 12.0 Å². The van der Waals surface area contributed by atoms with Crippen LogP contribution in [0.5, 0.6) is 0 Å². The maximum absolute atomic E-state index is 10.7. The summed E-state index contributed by atoms with van der Waals surface area (Å²) >= 11 is 0. The topological polar surface area (TPSA) is 79.1 Å². The third-order valence-electron chi connectivity index (χ3n) is 2.72. The van der Waals surface area contributed by atoms with Gasteiger partial charge in [-0.25, -0.2) is 0 Å². The second kappa shape index (κ2) is 4.43. The van der Waals surface area contributed by atoms with Crippen molar-refractivity contribution in [3.63, 3.8) is 0 Å². The van der Waals surface area contributed by atoms with Crippen LogP contribution in [0.3, 0.4) is 0 Å². The molecule has 0 radical (unpaired) electrons. The lowest BCUT2D eigenvalue weighted by Gasteiger charge is -2.11. The molecular weight excluding hydrogens is 216 g/mol. The van der Waals surface area contributed by atoms with Crippen molar-refractivity contribution in [1.82, 2.24) is 4.98 Å². The first-order valence-corrected chi connectivity index (χ1v) is 5.30. The minimum Gasteiger partial charge on any atom is -0.399 e. The first-order chi connectivity index (χ1) is 8.11. The maximum atomic E-state index is 10.7. The molecule has 0 bridgehead atoms. The van der Waals surface area contributed by atoms with Gasteiger partial charge in [0.15, 0.2) is 6.29 Å². The van der Waals surface area contributed by atoms with Crippen LogP contribution < -0.4 is 5.73 Å². The van der Waals surface area contributed by atoms with Crippen molar-refractivity contribution in [1.29, 1.82) is 0 Å². The molecule has 1 unspecified atom stereocenters. The van der Waals surface area contributed by atoms with Crippen LogP contribution in [0.4, 0.5) is 5.69 Å². The van der Waals surface area contributed by atoms with Crippen molar-refractivity contribution >= 4 is 12.0 Å². The van der Waals surface area contributed by atoms with Crippen LogP contribution in [-0.4, -0.2) is 16.4 Å². The molecule has 4 nitrogen and oxygen atoms in total. The Balaban J connectivity index is 2.39. The summed E-state index contributed by atoms with van der Waals surface area (Å²) in [6, 6.07) is 8.72. The molecule has 0 amide bonds. The third kappa shape index (κ3) is 2.21. The molecule has 17 heavy (non-hydrogen) atoms. The molecule has 1 aromatic carbocycles. The zero-order valence-corrected chi connectivity index (χ0v) is 9.47. The van der Waals surface area contributed by atoms with E-state index in [1.165, 1.54) is 0 Å². The first kappa shape index (κ1) is 11.4. The number of nitrogens with one attached hydrogen (secondary N) is 1. The van der Waals surface area contributed by atoms with Crippen LogP contribution in [0.15, 0.2) is 30.3 Å². The second-order valence-corrected chi connectivity index (χ2v) is 4.00. The molecule has 1 heterocycles. The largest absolute Gasteiger partial charge is 0.399 e. The monoisotopic (exact) mass is 230 g/mol. The smallest absolute Gasteiger partial charge is 0.166 e. The number of aryl methyl sites for hydroxylation is 1. The van der Waals surface area contributed by atoms with E-state index in [1.807, 2.05) is 6.92 Å². The lowest BCUT2D eigenvalue weighted by molar-refractivity contribution is 0.111. The lowest BCUT2D eigenvalue weighted by atomic mass is 10.0. The molecule has 88 valence electrons. The predicted octanol–water partition coefficient (Wildman–Crippen LogP) is 1.80. The number of aliphatic hydroxyl groups excluding tert-OH is 1. The molecule has 0 spiro atoms. The van der Waals surface area contributed by atoms with Crippen molar-refractivity contribution in [2.45, 2.75) is 13.0 Å². The fourth-order valence-corrected chi connectivity index (χ4v) is 1.86. The Morgan fingerprint density at radius 2 is 2.18 bits per heavy atom. The number of hydrogen-bond acceptors (Lipinski definition) is 3. The van der Waals surface area contributed by atoms with E-state index in [0.29, 0.717) is 22.5 Å². The van der Waals surface area contributed by atoms with Crippen molar-refractivity contribution in [2.24, 2.45) is 0 Å². The van der Waals surface area contributed by atoms with Crippen molar-refractivity contribution < 1.29 is 9.90 Å². The van der Waals surface area contributed by atoms with Gasteiger partial charge in [-0.3, -0.25) is 4.79 Å². The molecule has 2 aromatic rings. The van der Waals surface area contributed by atoms with Gasteiger partial charge in [0.05, 0.1) is 5.69 Å². The van der Waals surface area contributed by atoms with Crippen LogP contribution in [0.2, 0.25) is 0 Å². The minimum atomic E-state index is -0.775. The highest BCUT2D eigenvalue weighted by atomic mass is 16.3. The number of anilines is 1. The molecule has 4 N–H and O–H groups in total. The summed E-state index contributed by atoms with van der Waals surface area (Å²) in [5.74, 6) is 0. The zero-order valence-electron chi connectivity index (χ0n) is 9.47. The molecule has 0 saturated heterocycles. The van der Waals surface area contributed by atoms with E-state index >= 15 is 0 Å². The van der Waals surface area contributed by atoms with Gasteiger partial charge in [-0.05, 0) is 30.7 Å². The summed E-state index contributed by atoms with van der Waals surface area (Å²) < 4.78 is 0. The van der Waals surface area contributed by atoms with Gasteiger partial charge in [0.25, 0.3) is 0 Å². The van der Waals surface area contributed by atoms with Crippen molar-refractivity contribution in [3.05, 3.63) is 52.8 Å². The summed E-state index contributed by atoms with van der Waals surface area (Å²) in [5.41, 5.74) is 8.91. The van der Waals surface area contributed by atoms with Gasteiger partial charge in [-0.1, -0.05) is 12.1 Å². The molecule has 4 heteroatoms. The Morgan fingerprint density at radius 3 is 2.76 bits per heavy atom. The summed E-state index contributed by atoms with van der Waals surface area (Å²) in [4.78, 5) is 13.6. The van der Waals surface area contributed by atoms with Crippen LogP contribution in [0.1, 0.15) is 33.4 Å². The van der Waals surface area contributed by atoms with E-state index in [1.54, 1.807) is 30.3 Å². The van der Waals surface area contributed by atoms with Crippen molar-refractivity contribution in [3.8, 4) is 0 Å². The molecule has 1 aromatic heterocycles. The molecule has 0 aliphatic heterocycles. The van der Waals surface area contributed by atoms with Crippen LogP contribution in [-0.2, 0) is 0 Å². The summed E-state index contributed by atoms with van der Waals surface area (Å²) in [6.45, 7) is 1.82. The maximum Gasteiger partial charge on any atom is 0.166 e. The molecule has 1 atom stereocenters. The fraction of sp³-hybridized carbons (Fsp3) is 0.154. The quantitative estimate of drug-likeness (QED) is 0.555. The van der Waals surface area contributed by atoms with Gasteiger partial charge >= 0.3 is 0 Å². The van der Waals surface area contributed by atoms with Crippen LogP contribution >= 0.6 is 0 Å². The summed E-state index contributed by atoms with van der Waals surface area (Å²) in [7, 11) is 0. The predicted molar refractivity (Wildman–Crippen MR) is 65.8 cm³/mol. The number of nitrogens with two attached hydrogens (primary N) is 1. The van der Waals surface area contributed by atoms with Gasteiger partial charge < -0.3 is 15.8 Å². The Bertz CT molecular complexity index is 546. The number of aromatic nitrogens is 1. The number of carbonyl (C=O) groups is 1. The number of carbonyl (C=O) groups excluding carboxylic acids is 1. The van der Waals surface area contributed by atoms with E-state index in [2.05, 4.69) is 4.98 Å². The number of H-pyrrole nitrogens is 1. The number of benzene rings is 1.